The summed E-state index contributed by atoms with van der Waals surface area (Å²) in [6.07, 6.45) is 1.65. The van der Waals surface area contributed by atoms with E-state index in [1.54, 1.807) is 48.5 Å². The summed E-state index contributed by atoms with van der Waals surface area (Å²) in [6, 6.07) is 19.5. The van der Waals surface area contributed by atoms with Gasteiger partial charge in [-0.2, -0.15) is 0 Å². The monoisotopic (exact) mass is 462 g/mol. The highest BCUT2D eigenvalue weighted by Crippen LogP contribution is 2.43. The topological polar surface area (TPSA) is 75.7 Å². The van der Waals surface area contributed by atoms with Crippen LogP contribution in [0, 0.1) is 0 Å². The molecule has 0 saturated heterocycles. The van der Waals surface area contributed by atoms with Crippen molar-refractivity contribution in [2.24, 2.45) is 0 Å². The van der Waals surface area contributed by atoms with Crippen molar-refractivity contribution in [3.8, 4) is 16.9 Å². The lowest BCUT2D eigenvalue weighted by molar-refractivity contribution is -0.114. The van der Waals surface area contributed by atoms with Crippen LogP contribution in [0.3, 0.4) is 0 Å². The number of amides is 1. The Labute approximate surface area is 194 Å². The number of hydrogen-bond donors (Lipinski definition) is 1. The Balaban J connectivity index is 1.63. The minimum Gasteiger partial charge on any atom is -0.490 e. The van der Waals surface area contributed by atoms with E-state index in [1.165, 1.54) is 4.31 Å². The van der Waals surface area contributed by atoms with E-state index in [2.05, 4.69) is 25.7 Å². The molecule has 1 amide bonds. The van der Waals surface area contributed by atoms with E-state index in [0.29, 0.717) is 29.3 Å². The summed E-state index contributed by atoms with van der Waals surface area (Å²) in [5, 5.41) is 2.77. The van der Waals surface area contributed by atoms with E-state index in [9.17, 15) is 13.2 Å². The second-order valence-corrected chi connectivity index (χ2v) is 9.94. The van der Waals surface area contributed by atoms with Crippen LogP contribution in [0.2, 0.25) is 0 Å². The van der Waals surface area contributed by atoms with Gasteiger partial charge in [0.15, 0.2) is 0 Å². The number of anilines is 2. The first-order chi connectivity index (χ1) is 15.8. The number of sulfonamides is 1. The molecule has 33 heavy (non-hydrogen) atoms. The van der Waals surface area contributed by atoms with Crippen molar-refractivity contribution in [1.82, 2.24) is 0 Å². The van der Waals surface area contributed by atoms with Crippen LogP contribution in [-0.4, -0.2) is 27.5 Å². The number of benzene rings is 3. The molecule has 0 spiro atoms. The lowest BCUT2D eigenvalue weighted by Gasteiger charge is -2.32. The lowest BCUT2D eigenvalue weighted by Crippen LogP contribution is -2.40. The Hall–Kier alpha value is -3.58. The Morgan fingerprint density at radius 3 is 2.48 bits per heavy atom. The first-order valence-electron chi connectivity index (χ1n) is 10.7. The normalized spacial score (nSPS) is 13.7. The highest BCUT2D eigenvalue weighted by Gasteiger charge is 2.36. The van der Waals surface area contributed by atoms with Crippen molar-refractivity contribution in [3.63, 3.8) is 0 Å². The molecule has 3 aromatic carbocycles. The van der Waals surface area contributed by atoms with Gasteiger partial charge in [-0.25, -0.2) is 8.42 Å². The number of carbonyl (C=O) groups excluding carboxylic acids is 1. The number of fused-ring (bicyclic) bond motifs is 3. The maximum atomic E-state index is 13.4. The van der Waals surface area contributed by atoms with Gasteiger partial charge in [0.1, 0.15) is 18.9 Å². The Morgan fingerprint density at radius 2 is 1.79 bits per heavy atom. The van der Waals surface area contributed by atoms with Crippen LogP contribution in [0.4, 0.5) is 11.4 Å². The minimum atomic E-state index is -3.89. The molecule has 1 N–H and O–H groups in total. The molecule has 0 aliphatic carbocycles. The largest absolute Gasteiger partial charge is 0.490 e. The lowest BCUT2D eigenvalue weighted by atomic mass is 9.95. The summed E-state index contributed by atoms with van der Waals surface area (Å²) in [6.45, 7) is 7.84. The summed E-state index contributed by atoms with van der Waals surface area (Å²) >= 11 is 0. The molecule has 7 heteroatoms. The number of nitrogens with zero attached hydrogens (tertiary/aromatic N) is 1. The van der Waals surface area contributed by atoms with E-state index in [0.717, 1.165) is 11.1 Å². The molecule has 4 rings (SSSR count). The van der Waals surface area contributed by atoms with Crippen LogP contribution >= 0.6 is 0 Å². The summed E-state index contributed by atoms with van der Waals surface area (Å²) < 4.78 is 33.5. The smallest absolute Gasteiger partial charge is 0.265 e. The molecular formula is C26H26N2O4S. The molecule has 6 nitrogen and oxygen atoms in total. The molecule has 1 aliphatic rings. The van der Waals surface area contributed by atoms with Crippen LogP contribution in [0.15, 0.2) is 84.3 Å². The van der Waals surface area contributed by atoms with Gasteiger partial charge < -0.3 is 10.1 Å². The fourth-order valence-electron chi connectivity index (χ4n) is 3.80. The summed E-state index contributed by atoms with van der Waals surface area (Å²) in [5.41, 5.74) is 3.62. The Kier molecular flexibility index (Phi) is 6.24. The number of carbonyl (C=O) groups is 1. The van der Waals surface area contributed by atoms with Crippen LogP contribution < -0.4 is 14.4 Å². The molecule has 3 aromatic rings. The van der Waals surface area contributed by atoms with E-state index >= 15 is 0 Å². The zero-order valence-electron chi connectivity index (χ0n) is 18.6. The SMILES string of the molecule is C=CCOc1ccc(NC(=O)CN2c3ccc(C(C)C)cc3-c3ccccc3S2(=O)=O)cc1. The van der Waals surface area contributed by atoms with Crippen molar-refractivity contribution in [1.29, 1.82) is 0 Å². The molecule has 0 saturated carbocycles. The summed E-state index contributed by atoms with van der Waals surface area (Å²) in [5.74, 6) is 0.505. The quantitative estimate of drug-likeness (QED) is 0.491. The summed E-state index contributed by atoms with van der Waals surface area (Å²) in [7, 11) is -3.89. The molecule has 0 bridgehead atoms. The summed E-state index contributed by atoms with van der Waals surface area (Å²) in [4.78, 5) is 13.1. The highest BCUT2D eigenvalue weighted by molar-refractivity contribution is 7.93. The van der Waals surface area contributed by atoms with Crippen molar-refractivity contribution in [2.75, 3.05) is 22.8 Å². The minimum absolute atomic E-state index is 0.204. The first-order valence-corrected chi connectivity index (χ1v) is 12.1. The average Bonchev–Trinajstić information content (AvgIpc) is 2.81. The molecule has 0 unspecified atom stereocenters. The van der Waals surface area contributed by atoms with Crippen LogP contribution in [0.1, 0.15) is 25.3 Å². The maximum Gasteiger partial charge on any atom is 0.265 e. The van der Waals surface area contributed by atoms with Gasteiger partial charge in [0, 0.05) is 16.8 Å². The maximum absolute atomic E-state index is 13.4. The third kappa shape index (κ3) is 4.50. The fraction of sp³-hybridized carbons (Fsp3) is 0.192. The third-order valence-corrected chi connectivity index (χ3v) is 7.31. The fourth-order valence-corrected chi connectivity index (χ4v) is 5.45. The second-order valence-electron chi connectivity index (χ2n) is 8.11. The van der Waals surface area contributed by atoms with Crippen molar-refractivity contribution in [3.05, 3.63) is 84.9 Å². The third-order valence-electron chi connectivity index (χ3n) is 5.49. The first kappa shape index (κ1) is 22.6. The number of ether oxygens (including phenoxy) is 1. The van der Waals surface area contributed by atoms with E-state index < -0.39 is 15.9 Å². The Morgan fingerprint density at radius 1 is 1.06 bits per heavy atom. The predicted molar refractivity (Wildman–Crippen MR) is 131 cm³/mol. The van der Waals surface area contributed by atoms with Gasteiger partial charge in [-0.15, -0.1) is 0 Å². The predicted octanol–water partition coefficient (Wildman–Crippen LogP) is 5.19. The van der Waals surface area contributed by atoms with Crippen molar-refractivity contribution in [2.45, 2.75) is 24.7 Å². The number of nitrogens with one attached hydrogen (secondary N) is 1. The van der Waals surface area contributed by atoms with Gasteiger partial charge in [0.2, 0.25) is 5.91 Å². The highest BCUT2D eigenvalue weighted by atomic mass is 32.2. The van der Waals surface area contributed by atoms with Gasteiger partial charge in [-0.05, 0) is 53.9 Å². The molecule has 170 valence electrons. The van der Waals surface area contributed by atoms with E-state index in [4.69, 9.17) is 4.74 Å². The zero-order valence-corrected chi connectivity index (χ0v) is 19.4. The van der Waals surface area contributed by atoms with Gasteiger partial charge in [0.05, 0.1) is 10.6 Å². The average molecular weight is 463 g/mol. The van der Waals surface area contributed by atoms with E-state index in [1.807, 2.05) is 24.3 Å². The molecule has 0 atom stereocenters. The Bertz CT molecular complexity index is 1300. The number of rotatable bonds is 7. The number of hydrogen-bond acceptors (Lipinski definition) is 4. The van der Waals surface area contributed by atoms with Crippen molar-refractivity contribution >= 4 is 27.3 Å². The van der Waals surface area contributed by atoms with Gasteiger partial charge in [0.25, 0.3) is 10.0 Å². The molecule has 1 aliphatic heterocycles. The molecule has 0 radical (unpaired) electrons. The van der Waals surface area contributed by atoms with Gasteiger partial charge >= 0.3 is 0 Å². The van der Waals surface area contributed by atoms with Crippen LogP contribution in [0.25, 0.3) is 11.1 Å². The molecule has 0 aromatic heterocycles. The van der Waals surface area contributed by atoms with E-state index in [-0.39, 0.29) is 17.4 Å². The van der Waals surface area contributed by atoms with Crippen LogP contribution in [0.5, 0.6) is 5.75 Å². The van der Waals surface area contributed by atoms with Gasteiger partial charge in [-0.3, -0.25) is 9.10 Å². The van der Waals surface area contributed by atoms with Crippen molar-refractivity contribution < 1.29 is 17.9 Å². The van der Waals surface area contributed by atoms with Gasteiger partial charge in [-0.1, -0.05) is 50.8 Å². The molecule has 1 heterocycles. The van der Waals surface area contributed by atoms with Crippen LogP contribution in [-0.2, 0) is 14.8 Å². The second kappa shape index (κ2) is 9.11. The zero-order chi connectivity index (χ0) is 23.6. The standard InChI is InChI=1S/C26H26N2O4S/c1-4-15-32-21-12-10-20(11-13-21)27-26(29)17-28-24-14-9-19(18(2)3)16-23(24)22-7-5-6-8-25(22)33(28,30)31/h4-14,16,18H,1,15,17H2,2-3H3,(H,27,29). The molecule has 0 fully saturated rings. The molecular weight excluding hydrogens is 436 g/mol.